The lowest BCUT2D eigenvalue weighted by atomic mass is 10.0. The number of aromatic nitrogens is 4. The van der Waals surface area contributed by atoms with Crippen molar-refractivity contribution in [1.29, 1.82) is 0 Å². The van der Waals surface area contributed by atoms with Crippen LogP contribution in [0.1, 0.15) is 21.7 Å². The molecular formula is C21H21N5O3. The molecule has 148 valence electrons. The first-order chi connectivity index (χ1) is 14.1. The number of rotatable bonds is 6. The molecule has 0 fully saturated rings. The van der Waals surface area contributed by atoms with E-state index in [1.165, 1.54) is 0 Å². The Balaban J connectivity index is 1.63. The van der Waals surface area contributed by atoms with Gasteiger partial charge >= 0.3 is 0 Å². The highest BCUT2D eigenvalue weighted by Crippen LogP contribution is 2.28. The number of hydrogen-bond donors (Lipinski definition) is 1. The molecule has 8 heteroatoms. The molecule has 29 heavy (non-hydrogen) atoms. The number of carbonyl (C=O) groups excluding carboxylic acids is 1. The number of nitrogens with zero attached hydrogens (tertiary/aromatic N) is 4. The third-order valence-corrected chi connectivity index (χ3v) is 4.79. The summed E-state index contributed by atoms with van der Waals surface area (Å²) in [6.07, 6.45) is 1.74. The number of methoxy groups -OCH3 is 1. The van der Waals surface area contributed by atoms with Crippen molar-refractivity contribution in [3.8, 4) is 17.0 Å². The highest BCUT2D eigenvalue weighted by atomic mass is 16.5. The number of aryl methyl sites for hydroxylation is 2. The highest BCUT2D eigenvalue weighted by molar-refractivity contribution is 6.07. The summed E-state index contributed by atoms with van der Waals surface area (Å²) >= 11 is 0. The molecule has 8 nitrogen and oxygen atoms in total. The smallest absolute Gasteiger partial charge is 0.259 e. The molecule has 0 saturated carbocycles. The molecular weight excluding hydrogens is 370 g/mol. The summed E-state index contributed by atoms with van der Waals surface area (Å²) in [4.78, 5) is 17.5. The van der Waals surface area contributed by atoms with Crippen LogP contribution in [0.15, 0.2) is 47.1 Å². The van der Waals surface area contributed by atoms with E-state index in [9.17, 15) is 4.79 Å². The van der Waals surface area contributed by atoms with Crippen LogP contribution in [0.4, 0.5) is 0 Å². The van der Waals surface area contributed by atoms with Crippen LogP contribution < -0.4 is 10.1 Å². The predicted octanol–water partition coefficient (Wildman–Crippen LogP) is 3.14. The van der Waals surface area contributed by atoms with Crippen molar-refractivity contribution in [3.05, 3.63) is 59.5 Å². The van der Waals surface area contributed by atoms with E-state index in [1.54, 1.807) is 26.3 Å². The molecule has 4 rings (SSSR count). The molecule has 3 heterocycles. The van der Waals surface area contributed by atoms with Gasteiger partial charge in [-0.05, 0) is 50.2 Å². The van der Waals surface area contributed by atoms with Crippen molar-refractivity contribution >= 4 is 17.0 Å². The quantitative estimate of drug-likeness (QED) is 0.543. The first-order valence-electron chi connectivity index (χ1n) is 9.25. The Bertz CT molecular complexity index is 1160. The molecule has 0 atom stereocenters. The highest BCUT2D eigenvalue weighted by Gasteiger charge is 2.19. The number of carbonyl (C=O) groups is 1. The Morgan fingerprint density at radius 1 is 1.21 bits per heavy atom. The second kappa shape index (κ2) is 7.75. The minimum absolute atomic E-state index is 0.205. The summed E-state index contributed by atoms with van der Waals surface area (Å²) in [5.41, 5.74) is 3.97. The van der Waals surface area contributed by atoms with E-state index in [0.29, 0.717) is 41.1 Å². The SMILES string of the molecule is COc1ccc(-c2cc(C(=O)NCCn3nccc3C)c3c(C)noc3n2)cc1. The van der Waals surface area contributed by atoms with Gasteiger partial charge in [0.25, 0.3) is 11.6 Å². The van der Waals surface area contributed by atoms with Crippen LogP contribution in [0.25, 0.3) is 22.4 Å². The van der Waals surface area contributed by atoms with E-state index in [0.717, 1.165) is 17.0 Å². The van der Waals surface area contributed by atoms with Gasteiger partial charge in [0.2, 0.25) is 0 Å². The molecule has 0 bridgehead atoms. The molecule has 1 aromatic carbocycles. The summed E-state index contributed by atoms with van der Waals surface area (Å²) in [5, 5.41) is 11.8. The average molecular weight is 391 g/mol. The van der Waals surface area contributed by atoms with Crippen LogP contribution in [0.3, 0.4) is 0 Å². The molecule has 0 spiro atoms. The molecule has 1 amide bonds. The lowest BCUT2D eigenvalue weighted by Gasteiger charge is -2.09. The van der Waals surface area contributed by atoms with E-state index in [4.69, 9.17) is 9.26 Å². The van der Waals surface area contributed by atoms with Crippen LogP contribution in [0, 0.1) is 13.8 Å². The Hall–Kier alpha value is -3.68. The van der Waals surface area contributed by atoms with E-state index in [1.807, 2.05) is 41.9 Å². The molecule has 0 radical (unpaired) electrons. The maximum Gasteiger partial charge on any atom is 0.259 e. The summed E-state index contributed by atoms with van der Waals surface area (Å²) in [6.45, 7) is 4.81. The lowest BCUT2D eigenvalue weighted by Crippen LogP contribution is -2.28. The van der Waals surface area contributed by atoms with E-state index >= 15 is 0 Å². The fourth-order valence-corrected chi connectivity index (χ4v) is 3.19. The van der Waals surface area contributed by atoms with E-state index in [-0.39, 0.29) is 5.91 Å². The minimum Gasteiger partial charge on any atom is -0.497 e. The van der Waals surface area contributed by atoms with Crippen molar-refractivity contribution in [2.24, 2.45) is 0 Å². The van der Waals surface area contributed by atoms with E-state index in [2.05, 4.69) is 20.6 Å². The van der Waals surface area contributed by atoms with Crippen molar-refractivity contribution in [3.63, 3.8) is 0 Å². The minimum atomic E-state index is -0.205. The van der Waals surface area contributed by atoms with Gasteiger partial charge in [-0.25, -0.2) is 4.98 Å². The average Bonchev–Trinajstić information content (AvgIpc) is 3.33. The Morgan fingerprint density at radius 3 is 2.69 bits per heavy atom. The van der Waals surface area contributed by atoms with Crippen molar-refractivity contribution < 1.29 is 14.1 Å². The maximum absolute atomic E-state index is 12.9. The van der Waals surface area contributed by atoms with Gasteiger partial charge in [0.15, 0.2) is 0 Å². The number of nitrogens with one attached hydrogen (secondary N) is 1. The van der Waals surface area contributed by atoms with Crippen molar-refractivity contribution in [2.45, 2.75) is 20.4 Å². The fourth-order valence-electron chi connectivity index (χ4n) is 3.19. The molecule has 1 N–H and O–H groups in total. The first kappa shape index (κ1) is 18.7. The van der Waals surface area contributed by atoms with Gasteiger partial charge < -0.3 is 14.6 Å². The van der Waals surface area contributed by atoms with Gasteiger partial charge in [-0.3, -0.25) is 9.48 Å². The number of benzene rings is 1. The van der Waals surface area contributed by atoms with E-state index < -0.39 is 0 Å². The van der Waals surface area contributed by atoms with Gasteiger partial charge in [0.1, 0.15) is 5.75 Å². The van der Waals surface area contributed by atoms with Crippen LogP contribution in [-0.2, 0) is 6.54 Å². The second-order valence-electron chi connectivity index (χ2n) is 6.68. The summed E-state index contributed by atoms with van der Waals surface area (Å²) in [5.74, 6) is 0.542. The van der Waals surface area contributed by atoms with Gasteiger partial charge in [-0.1, -0.05) is 5.16 Å². The summed E-state index contributed by atoms with van der Waals surface area (Å²) in [7, 11) is 1.61. The van der Waals surface area contributed by atoms with Gasteiger partial charge in [0.05, 0.1) is 36.0 Å². The topological polar surface area (TPSA) is 95.1 Å². The van der Waals surface area contributed by atoms with Crippen LogP contribution in [-0.4, -0.2) is 39.5 Å². The number of hydrogen-bond acceptors (Lipinski definition) is 6. The maximum atomic E-state index is 12.9. The monoisotopic (exact) mass is 391 g/mol. The van der Waals surface area contributed by atoms with Crippen LogP contribution >= 0.6 is 0 Å². The van der Waals surface area contributed by atoms with Gasteiger partial charge in [-0.15, -0.1) is 0 Å². The number of amides is 1. The molecule has 0 aliphatic carbocycles. The third kappa shape index (κ3) is 3.69. The van der Waals surface area contributed by atoms with Gasteiger partial charge in [0, 0.05) is 24.0 Å². The van der Waals surface area contributed by atoms with Crippen molar-refractivity contribution in [2.75, 3.05) is 13.7 Å². The van der Waals surface area contributed by atoms with Crippen molar-refractivity contribution in [1.82, 2.24) is 25.2 Å². The Kier molecular flexibility index (Phi) is 4.99. The van der Waals surface area contributed by atoms with Crippen LogP contribution in [0.5, 0.6) is 5.75 Å². The zero-order valence-electron chi connectivity index (χ0n) is 16.5. The summed E-state index contributed by atoms with van der Waals surface area (Å²) in [6, 6.07) is 11.2. The zero-order chi connectivity index (χ0) is 20.4. The normalized spacial score (nSPS) is 11.0. The molecule has 0 aliphatic heterocycles. The standard InChI is InChI=1S/C21H21N5O3/c1-13-8-9-23-26(13)11-10-22-20(27)17-12-18(15-4-6-16(28-3)7-5-15)24-21-19(17)14(2)25-29-21/h4-9,12H,10-11H2,1-3H3,(H,22,27). The largest absolute Gasteiger partial charge is 0.497 e. The second-order valence-corrected chi connectivity index (χ2v) is 6.68. The molecule has 4 aromatic rings. The predicted molar refractivity (Wildman–Crippen MR) is 108 cm³/mol. The number of fused-ring (bicyclic) bond motifs is 1. The number of pyridine rings is 1. The lowest BCUT2D eigenvalue weighted by molar-refractivity contribution is 0.0953. The fraction of sp³-hybridized carbons (Fsp3) is 0.238. The zero-order valence-corrected chi connectivity index (χ0v) is 16.5. The molecule has 0 saturated heterocycles. The molecule has 3 aromatic heterocycles. The van der Waals surface area contributed by atoms with Crippen LogP contribution in [0.2, 0.25) is 0 Å². The molecule has 0 unspecified atom stereocenters. The number of ether oxygens (including phenoxy) is 1. The third-order valence-electron chi connectivity index (χ3n) is 4.79. The Labute approximate surface area is 167 Å². The Morgan fingerprint density at radius 2 is 2.00 bits per heavy atom. The van der Waals surface area contributed by atoms with Gasteiger partial charge in [-0.2, -0.15) is 5.10 Å². The first-order valence-corrected chi connectivity index (χ1v) is 9.25. The molecule has 0 aliphatic rings. The summed E-state index contributed by atoms with van der Waals surface area (Å²) < 4.78 is 12.4.